The molecule has 2 aromatic heterocycles. The highest BCUT2D eigenvalue weighted by Crippen LogP contribution is 2.35. The van der Waals surface area contributed by atoms with Crippen molar-refractivity contribution >= 4 is 17.5 Å². The molecule has 0 radical (unpaired) electrons. The second kappa shape index (κ2) is 8.03. The summed E-state index contributed by atoms with van der Waals surface area (Å²) < 4.78 is 0. The molecule has 142 valence electrons. The third kappa shape index (κ3) is 3.94. The topological polar surface area (TPSA) is 71.0 Å². The number of carbonyl (C=O) groups is 1. The van der Waals surface area contributed by atoms with Crippen LogP contribution in [0.5, 0.6) is 0 Å². The first kappa shape index (κ1) is 17.9. The van der Waals surface area contributed by atoms with Gasteiger partial charge in [-0.1, -0.05) is 25.3 Å². The lowest BCUT2D eigenvalue weighted by molar-refractivity contribution is -0.137. The third-order valence-corrected chi connectivity index (χ3v) is 5.74. The van der Waals surface area contributed by atoms with Crippen molar-refractivity contribution in [2.75, 3.05) is 11.9 Å². The molecule has 1 atom stereocenters. The van der Waals surface area contributed by atoms with Crippen LogP contribution in [0.25, 0.3) is 0 Å². The molecule has 1 aliphatic heterocycles. The highest BCUT2D eigenvalue weighted by Gasteiger charge is 2.35. The van der Waals surface area contributed by atoms with E-state index >= 15 is 0 Å². The molecule has 6 heteroatoms. The van der Waals surface area contributed by atoms with Crippen LogP contribution in [0.1, 0.15) is 62.2 Å². The zero-order valence-corrected chi connectivity index (χ0v) is 15.9. The van der Waals surface area contributed by atoms with E-state index in [1.54, 1.807) is 18.6 Å². The molecule has 0 bridgehead atoms. The number of amides is 1. The van der Waals surface area contributed by atoms with Gasteiger partial charge in [-0.05, 0) is 44.2 Å². The van der Waals surface area contributed by atoms with E-state index in [1.165, 1.54) is 19.3 Å². The van der Waals surface area contributed by atoms with E-state index in [0.717, 1.165) is 49.3 Å². The number of aromatic nitrogens is 3. The summed E-state index contributed by atoms with van der Waals surface area (Å²) in [6.45, 7) is 2.84. The van der Waals surface area contributed by atoms with Gasteiger partial charge in [0, 0.05) is 18.7 Å². The van der Waals surface area contributed by atoms with Gasteiger partial charge in [-0.2, -0.15) is 0 Å². The van der Waals surface area contributed by atoms with Crippen molar-refractivity contribution < 1.29 is 4.79 Å². The fourth-order valence-electron chi connectivity index (χ4n) is 4.26. The summed E-state index contributed by atoms with van der Waals surface area (Å²) in [7, 11) is 0. The second-order valence-electron chi connectivity index (χ2n) is 7.65. The summed E-state index contributed by atoms with van der Waals surface area (Å²) in [5.74, 6) is 1.97. The molecule has 27 heavy (non-hydrogen) atoms. The Morgan fingerprint density at radius 2 is 2.00 bits per heavy atom. The molecule has 2 fully saturated rings. The average molecular weight is 365 g/mol. The van der Waals surface area contributed by atoms with Crippen LogP contribution in [0.2, 0.25) is 0 Å². The monoisotopic (exact) mass is 365 g/mol. The molecule has 1 saturated carbocycles. The smallest absolute Gasteiger partial charge is 0.226 e. The molecule has 2 aromatic rings. The highest BCUT2D eigenvalue weighted by molar-refractivity contribution is 5.79. The summed E-state index contributed by atoms with van der Waals surface area (Å²) in [5, 5.41) is 3.26. The Hall–Kier alpha value is -2.50. The van der Waals surface area contributed by atoms with Gasteiger partial charge < -0.3 is 10.2 Å². The fourth-order valence-corrected chi connectivity index (χ4v) is 4.26. The molecule has 1 saturated heterocycles. The molecule has 0 unspecified atom stereocenters. The SMILES string of the molecule is Cc1cccnc1Nc1cncc([C@H]2CCCN2C(=O)C2CCCCC2)n1. The number of likely N-dealkylation sites (tertiary alicyclic amines) is 1. The number of nitrogens with one attached hydrogen (secondary N) is 1. The zero-order chi connectivity index (χ0) is 18.6. The lowest BCUT2D eigenvalue weighted by atomic mass is 9.88. The van der Waals surface area contributed by atoms with E-state index in [1.807, 2.05) is 19.1 Å². The van der Waals surface area contributed by atoms with Crippen LogP contribution >= 0.6 is 0 Å². The molecule has 0 aromatic carbocycles. The second-order valence-corrected chi connectivity index (χ2v) is 7.65. The van der Waals surface area contributed by atoms with Crippen molar-refractivity contribution in [2.24, 2.45) is 5.92 Å². The standard InChI is InChI=1S/C21H27N5O/c1-15-7-5-11-23-20(15)25-19-14-22-13-17(24-19)18-10-6-12-26(18)21(27)16-8-3-2-4-9-16/h5,7,11,13-14,16,18H,2-4,6,8-10,12H2,1H3,(H,23,24,25)/t18-/m1/s1. The molecule has 0 spiro atoms. The van der Waals surface area contributed by atoms with Gasteiger partial charge >= 0.3 is 0 Å². The summed E-state index contributed by atoms with van der Waals surface area (Å²) >= 11 is 0. The fraction of sp³-hybridized carbons (Fsp3) is 0.524. The normalized spacial score (nSPS) is 20.6. The predicted molar refractivity (Wildman–Crippen MR) is 105 cm³/mol. The summed E-state index contributed by atoms with van der Waals surface area (Å²) in [6, 6.07) is 3.96. The summed E-state index contributed by atoms with van der Waals surface area (Å²) in [4.78, 5) is 28.6. The van der Waals surface area contributed by atoms with Crippen molar-refractivity contribution in [1.29, 1.82) is 0 Å². The molecular formula is C21H27N5O. The number of hydrogen-bond acceptors (Lipinski definition) is 5. The molecular weight excluding hydrogens is 338 g/mol. The van der Waals surface area contributed by atoms with Gasteiger partial charge in [0.05, 0.1) is 24.1 Å². The Labute approximate surface area is 160 Å². The van der Waals surface area contributed by atoms with Gasteiger partial charge in [0.25, 0.3) is 0 Å². The Balaban J connectivity index is 1.52. The minimum absolute atomic E-state index is 0.0403. The minimum atomic E-state index is 0.0403. The number of anilines is 2. The number of hydrogen-bond donors (Lipinski definition) is 1. The predicted octanol–water partition coefficient (Wildman–Crippen LogP) is 4.17. The number of nitrogens with zero attached hydrogens (tertiary/aromatic N) is 4. The van der Waals surface area contributed by atoms with Crippen molar-refractivity contribution in [1.82, 2.24) is 19.9 Å². The average Bonchev–Trinajstić information content (AvgIpc) is 3.20. The zero-order valence-electron chi connectivity index (χ0n) is 15.9. The quantitative estimate of drug-likeness (QED) is 0.880. The highest BCUT2D eigenvalue weighted by atomic mass is 16.2. The van der Waals surface area contributed by atoms with Crippen LogP contribution < -0.4 is 5.32 Å². The van der Waals surface area contributed by atoms with Crippen LogP contribution in [0.3, 0.4) is 0 Å². The van der Waals surface area contributed by atoms with Crippen LogP contribution in [0.15, 0.2) is 30.7 Å². The summed E-state index contributed by atoms with van der Waals surface area (Å²) in [5.41, 5.74) is 1.93. The maximum absolute atomic E-state index is 13.1. The van der Waals surface area contributed by atoms with Crippen LogP contribution in [-0.2, 0) is 4.79 Å². The van der Waals surface area contributed by atoms with Crippen LogP contribution in [0, 0.1) is 12.8 Å². The molecule has 1 aliphatic carbocycles. The van der Waals surface area contributed by atoms with E-state index in [9.17, 15) is 4.79 Å². The van der Waals surface area contributed by atoms with E-state index in [-0.39, 0.29) is 12.0 Å². The van der Waals surface area contributed by atoms with E-state index < -0.39 is 0 Å². The van der Waals surface area contributed by atoms with E-state index in [0.29, 0.717) is 11.7 Å². The number of rotatable bonds is 4. The number of aryl methyl sites for hydroxylation is 1. The number of pyridine rings is 1. The molecule has 6 nitrogen and oxygen atoms in total. The first-order chi connectivity index (χ1) is 13.2. The first-order valence-corrected chi connectivity index (χ1v) is 10.0. The van der Waals surface area contributed by atoms with Crippen molar-refractivity contribution in [3.05, 3.63) is 42.0 Å². The van der Waals surface area contributed by atoms with Gasteiger partial charge in [-0.15, -0.1) is 0 Å². The first-order valence-electron chi connectivity index (χ1n) is 10.0. The van der Waals surface area contributed by atoms with Crippen LogP contribution in [0.4, 0.5) is 11.6 Å². The summed E-state index contributed by atoms with van der Waals surface area (Å²) in [6.07, 6.45) is 12.9. The number of carbonyl (C=O) groups excluding carboxylic acids is 1. The van der Waals surface area contributed by atoms with Gasteiger partial charge in [0.15, 0.2) is 0 Å². The lowest BCUT2D eigenvalue weighted by Gasteiger charge is -2.30. The van der Waals surface area contributed by atoms with Crippen molar-refractivity contribution in [3.63, 3.8) is 0 Å². The van der Waals surface area contributed by atoms with Crippen molar-refractivity contribution in [3.8, 4) is 0 Å². The maximum atomic E-state index is 13.1. The molecule has 3 heterocycles. The Morgan fingerprint density at radius 3 is 2.81 bits per heavy atom. The molecule has 1 amide bonds. The molecule has 1 N–H and O–H groups in total. The minimum Gasteiger partial charge on any atom is -0.334 e. The van der Waals surface area contributed by atoms with Crippen molar-refractivity contribution in [2.45, 2.75) is 57.9 Å². The maximum Gasteiger partial charge on any atom is 0.226 e. The van der Waals surface area contributed by atoms with E-state index in [2.05, 4.69) is 20.2 Å². The Morgan fingerprint density at radius 1 is 1.15 bits per heavy atom. The van der Waals surface area contributed by atoms with Gasteiger partial charge in [0.1, 0.15) is 11.6 Å². The van der Waals surface area contributed by atoms with Crippen LogP contribution in [-0.4, -0.2) is 32.3 Å². The molecule has 2 aliphatic rings. The molecule has 4 rings (SSSR count). The van der Waals surface area contributed by atoms with E-state index in [4.69, 9.17) is 4.98 Å². The lowest BCUT2D eigenvalue weighted by Crippen LogP contribution is -2.36. The third-order valence-electron chi connectivity index (χ3n) is 5.74. The Bertz CT molecular complexity index is 803. The van der Waals surface area contributed by atoms with Gasteiger partial charge in [-0.25, -0.2) is 9.97 Å². The largest absolute Gasteiger partial charge is 0.334 e. The van der Waals surface area contributed by atoms with Gasteiger partial charge in [0.2, 0.25) is 5.91 Å². The van der Waals surface area contributed by atoms with Gasteiger partial charge in [-0.3, -0.25) is 9.78 Å². The Kier molecular flexibility index (Phi) is 5.32.